The van der Waals surface area contributed by atoms with Crippen LogP contribution in [-0.2, 0) is 15.2 Å². The number of aryl methyl sites for hydroxylation is 1. The minimum absolute atomic E-state index is 0.00945. The van der Waals surface area contributed by atoms with Gasteiger partial charge in [-0.05, 0) is 37.8 Å². The number of carbonyl (C=O) groups excluding carboxylic acids is 2. The van der Waals surface area contributed by atoms with Gasteiger partial charge in [0.05, 0.1) is 12.8 Å². The quantitative estimate of drug-likeness (QED) is 0.706. The molecule has 1 aliphatic carbocycles. The fourth-order valence-electron chi connectivity index (χ4n) is 2.41. The standard InChI is InChI=1S/C15H17N3O5/c1-9-7-12(18-23-9)17-14(20)13(19)16-8-15(21,10-4-5-10)11-3-2-6-22-11/h2-3,6-7,10,21H,4-5,8H2,1H3,(H,16,19)(H,17,18,20)/t15-/m1/s1. The Labute approximate surface area is 131 Å². The number of hydrogen-bond donors (Lipinski definition) is 3. The number of nitrogens with zero attached hydrogens (tertiary/aromatic N) is 1. The van der Waals surface area contributed by atoms with E-state index in [2.05, 4.69) is 15.8 Å². The van der Waals surface area contributed by atoms with Crippen molar-refractivity contribution in [3.63, 3.8) is 0 Å². The van der Waals surface area contributed by atoms with Gasteiger partial charge in [-0.25, -0.2) is 0 Å². The molecule has 0 unspecified atom stereocenters. The van der Waals surface area contributed by atoms with Gasteiger partial charge in [0.1, 0.15) is 17.1 Å². The highest BCUT2D eigenvalue weighted by Gasteiger charge is 2.47. The molecule has 2 aromatic heterocycles. The number of aliphatic hydroxyl groups is 1. The van der Waals surface area contributed by atoms with Crippen molar-refractivity contribution in [2.75, 3.05) is 11.9 Å². The zero-order valence-corrected chi connectivity index (χ0v) is 12.5. The van der Waals surface area contributed by atoms with E-state index < -0.39 is 17.4 Å². The number of carbonyl (C=O) groups is 2. The van der Waals surface area contributed by atoms with Gasteiger partial charge in [0.15, 0.2) is 5.82 Å². The molecule has 8 nitrogen and oxygen atoms in total. The zero-order valence-electron chi connectivity index (χ0n) is 12.5. The van der Waals surface area contributed by atoms with E-state index in [-0.39, 0.29) is 18.3 Å². The number of furan rings is 1. The van der Waals surface area contributed by atoms with E-state index in [0.717, 1.165) is 12.8 Å². The van der Waals surface area contributed by atoms with E-state index >= 15 is 0 Å². The predicted octanol–water partition coefficient (Wildman–Crippen LogP) is 0.929. The molecule has 122 valence electrons. The summed E-state index contributed by atoms with van der Waals surface area (Å²) >= 11 is 0. The summed E-state index contributed by atoms with van der Waals surface area (Å²) < 4.78 is 10.1. The molecule has 2 aromatic rings. The molecule has 1 aliphatic rings. The van der Waals surface area contributed by atoms with Crippen molar-refractivity contribution in [2.24, 2.45) is 5.92 Å². The average molecular weight is 319 g/mol. The number of amides is 2. The summed E-state index contributed by atoms with van der Waals surface area (Å²) in [5, 5.41) is 19.1. The molecular formula is C15H17N3O5. The van der Waals surface area contributed by atoms with Crippen molar-refractivity contribution in [3.8, 4) is 0 Å². The van der Waals surface area contributed by atoms with Crippen molar-refractivity contribution < 1.29 is 23.6 Å². The van der Waals surface area contributed by atoms with Crippen LogP contribution >= 0.6 is 0 Å². The van der Waals surface area contributed by atoms with Crippen LogP contribution in [0.2, 0.25) is 0 Å². The van der Waals surface area contributed by atoms with Crippen molar-refractivity contribution >= 4 is 17.6 Å². The Kier molecular flexibility index (Phi) is 3.91. The van der Waals surface area contributed by atoms with Crippen LogP contribution in [0.25, 0.3) is 0 Å². The summed E-state index contributed by atoms with van der Waals surface area (Å²) in [4.78, 5) is 23.7. The summed E-state index contributed by atoms with van der Waals surface area (Å²) in [7, 11) is 0. The smallest absolute Gasteiger partial charge is 0.314 e. The SMILES string of the molecule is Cc1cc(NC(=O)C(=O)NC[C@](O)(c2ccco2)C2CC2)no1. The fourth-order valence-corrected chi connectivity index (χ4v) is 2.41. The summed E-state index contributed by atoms with van der Waals surface area (Å²) in [5.41, 5.74) is -1.30. The van der Waals surface area contributed by atoms with Gasteiger partial charge < -0.3 is 19.4 Å². The maximum absolute atomic E-state index is 11.9. The van der Waals surface area contributed by atoms with Crippen molar-refractivity contribution in [1.29, 1.82) is 0 Å². The predicted molar refractivity (Wildman–Crippen MR) is 78.2 cm³/mol. The van der Waals surface area contributed by atoms with Gasteiger partial charge in [-0.2, -0.15) is 0 Å². The highest BCUT2D eigenvalue weighted by molar-refractivity contribution is 6.39. The molecule has 0 aromatic carbocycles. The summed E-state index contributed by atoms with van der Waals surface area (Å²) in [6.07, 6.45) is 3.15. The van der Waals surface area contributed by atoms with Crippen molar-refractivity contribution in [2.45, 2.75) is 25.4 Å². The van der Waals surface area contributed by atoms with E-state index in [1.165, 1.54) is 12.3 Å². The molecule has 2 heterocycles. The molecule has 2 amide bonds. The molecule has 0 saturated heterocycles. The molecule has 0 radical (unpaired) electrons. The van der Waals surface area contributed by atoms with E-state index in [4.69, 9.17) is 8.94 Å². The molecule has 3 rings (SSSR count). The minimum atomic E-state index is -1.30. The normalized spacial score (nSPS) is 16.6. The Balaban J connectivity index is 1.60. The largest absolute Gasteiger partial charge is 0.466 e. The Morgan fingerprint density at radius 1 is 1.43 bits per heavy atom. The van der Waals surface area contributed by atoms with Gasteiger partial charge in [0.25, 0.3) is 0 Å². The van der Waals surface area contributed by atoms with Gasteiger partial charge in [-0.15, -0.1) is 0 Å². The lowest BCUT2D eigenvalue weighted by Crippen LogP contribution is -2.45. The molecular weight excluding hydrogens is 302 g/mol. The molecule has 3 N–H and O–H groups in total. The number of nitrogens with one attached hydrogen (secondary N) is 2. The van der Waals surface area contributed by atoms with Crippen LogP contribution in [0.1, 0.15) is 24.4 Å². The third-order valence-electron chi connectivity index (χ3n) is 3.79. The molecule has 8 heteroatoms. The first-order valence-electron chi connectivity index (χ1n) is 7.28. The van der Waals surface area contributed by atoms with Gasteiger partial charge >= 0.3 is 11.8 Å². The molecule has 1 atom stereocenters. The highest BCUT2D eigenvalue weighted by Crippen LogP contribution is 2.45. The van der Waals surface area contributed by atoms with Gasteiger partial charge in [0.2, 0.25) is 0 Å². The third-order valence-corrected chi connectivity index (χ3v) is 3.79. The number of hydrogen-bond acceptors (Lipinski definition) is 6. The monoisotopic (exact) mass is 319 g/mol. The first-order valence-corrected chi connectivity index (χ1v) is 7.28. The number of aromatic nitrogens is 1. The first-order chi connectivity index (χ1) is 11.0. The summed E-state index contributed by atoms with van der Waals surface area (Å²) in [6.45, 7) is 1.57. The van der Waals surface area contributed by atoms with E-state index in [1.54, 1.807) is 19.1 Å². The Morgan fingerprint density at radius 2 is 2.22 bits per heavy atom. The Hall–Kier alpha value is -2.61. The summed E-state index contributed by atoms with van der Waals surface area (Å²) in [5.74, 6) is -0.678. The lowest BCUT2D eigenvalue weighted by molar-refractivity contribution is -0.137. The van der Waals surface area contributed by atoms with Crippen LogP contribution in [0.15, 0.2) is 33.4 Å². The van der Waals surface area contributed by atoms with Gasteiger partial charge in [-0.3, -0.25) is 14.9 Å². The second-order valence-corrected chi connectivity index (χ2v) is 5.64. The van der Waals surface area contributed by atoms with Crippen LogP contribution in [0.3, 0.4) is 0 Å². The van der Waals surface area contributed by atoms with Crippen LogP contribution in [0, 0.1) is 12.8 Å². The van der Waals surface area contributed by atoms with Crippen molar-refractivity contribution in [3.05, 3.63) is 36.0 Å². The highest BCUT2D eigenvalue weighted by atomic mass is 16.5. The van der Waals surface area contributed by atoms with E-state index in [1.807, 2.05) is 0 Å². The molecule has 0 spiro atoms. The number of anilines is 1. The second-order valence-electron chi connectivity index (χ2n) is 5.64. The Bertz CT molecular complexity index is 705. The molecule has 0 bridgehead atoms. The molecule has 1 fully saturated rings. The van der Waals surface area contributed by atoms with Crippen LogP contribution in [0.5, 0.6) is 0 Å². The maximum Gasteiger partial charge on any atom is 0.314 e. The summed E-state index contributed by atoms with van der Waals surface area (Å²) in [6, 6.07) is 4.82. The average Bonchev–Trinajstić information content (AvgIpc) is 3.08. The second kappa shape index (κ2) is 5.88. The topological polar surface area (TPSA) is 118 Å². The Morgan fingerprint density at radius 3 is 2.78 bits per heavy atom. The molecule has 23 heavy (non-hydrogen) atoms. The van der Waals surface area contributed by atoms with Crippen LogP contribution < -0.4 is 10.6 Å². The molecule has 1 saturated carbocycles. The van der Waals surface area contributed by atoms with Gasteiger partial charge in [-0.1, -0.05) is 5.16 Å². The van der Waals surface area contributed by atoms with E-state index in [0.29, 0.717) is 11.5 Å². The van der Waals surface area contributed by atoms with Crippen LogP contribution in [-0.4, -0.2) is 28.6 Å². The van der Waals surface area contributed by atoms with Gasteiger partial charge in [0, 0.05) is 6.07 Å². The minimum Gasteiger partial charge on any atom is -0.466 e. The maximum atomic E-state index is 11.9. The number of rotatable bonds is 5. The first kappa shape index (κ1) is 15.3. The third kappa shape index (κ3) is 3.26. The lowest BCUT2D eigenvalue weighted by Gasteiger charge is -2.26. The lowest BCUT2D eigenvalue weighted by atomic mass is 9.94. The van der Waals surface area contributed by atoms with Crippen molar-refractivity contribution in [1.82, 2.24) is 10.5 Å². The fraction of sp³-hybridized carbons (Fsp3) is 0.400. The van der Waals surface area contributed by atoms with Crippen LogP contribution in [0.4, 0.5) is 5.82 Å². The van der Waals surface area contributed by atoms with E-state index in [9.17, 15) is 14.7 Å². The molecule has 0 aliphatic heterocycles. The zero-order chi connectivity index (χ0) is 16.4.